The molecule has 0 aromatic carbocycles. The molecule has 1 saturated heterocycles. The van der Waals surface area contributed by atoms with Crippen molar-refractivity contribution in [1.29, 1.82) is 0 Å². The standard InChI is InChI=1S/C22H46N2O3/c1-2-3-4-5-6-7-8-9-10-11-12-13-14-21(25)22(26)20(23)19-24-15-17-27-18-16-24/h20-22,25-26H,2-19,23H2,1H3/t20-,21+,22-/m0/s1. The molecule has 0 amide bonds. The van der Waals surface area contributed by atoms with E-state index in [1.54, 1.807) is 0 Å². The SMILES string of the molecule is CCCCCCCCCCCCCC[C@@H](O)[C@@H](O)[C@@H](N)CN1CCOCC1. The van der Waals surface area contributed by atoms with Gasteiger partial charge >= 0.3 is 0 Å². The van der Waals surface area contributed by atoms with Crippen molar-refractivity contribution in [2.45, 2.75) is 109 Å². The molecule has 5 nitrogen and oxygen atoms in total. The quantitative estimate of drug-likeness (QED) is 0.334. The summed E-state index contributed by atoms with van der Waals surface area (Å²) in [5, 5.41) is 20.5. The van der Waals surface area contributed by atoms with E-state index >= 15 is 0 Å². The Kier molecular flexibility index (Phi) is 15.4. The van der Waals surface area contributed by atoms with Gasteiger partial charge in [0, 0.05) is 25.7 Å². The summed E-state index contributed by atoms with van der Waals surface area (Å²) in [5.41, 5.74) is 6.09. The molecule has 27 heavy (non-hydrogen) atoms. The molecule has 0 radical (unpaired) electrons. The Morgan fingerprint density at radius 1 is 0.815 bits per heavy atom. The Labute approximate surface area is 167 Å². The topological polar surface area (TPSA) is 79.0 Å². The zero-order chi connectivity index (χ0) is 19.7. The molecular formula is C22H46N2O3. The Balaban J connectivity index is 1.92. The minimum absolute atomic E-state index is 0.393. The van der Waals surface area contributed by atoms with Crippen LogP contribution in [0.3, 0.4) is 0 Å². The number of morpholine rings is 1. The molecule has 0 aliphatic carbocycles. The van der Waals surface area contributed by atoms with Gasteiger partial charge in [0.15, 0.2) is 0 Å². The number of hydrogen-bond donors (Lipinski definition) is 3. The number of aliphatic hydroxyl groups excluding tert-OH is 2. The lowest BCUT2D eigenvalue weighted by molar-refractivity contribution is -0.0192. The molecule has 3 atom stereocenters. The van der Waals surface area contributed by atoms with E-state index in [0.29, 0.717) is 13.0 Å². The fourth-order valence-corrected chi connectivity index (χ4v) is 3.84. The van der Waals surface area contributed by atoms with Gasteiger partial charge in [0.05, 0.1) is 25.4 Å². The molecule has 0 unspecified atom stereocenters. The largest absolute Gasteiger partial charge is 0.390 e. The average molecular weight is 387 g/mol. The van der Waals surface area contributed by atoms with Gasteiger partial charge in [-0.3, -0.25) is 4.90 Å². The molecule has 1 aliphatic rings. The molecule has 1 heterocycles. The third-order valence-electron chi connectivity index (χ3n) is 5.76. The van der Waals surface area contributed by atoms with Crippen LogP contribution in [0.4, 0.5) is 0 Å². The second-order valence-electron chi connectivity index (χ2n) is 8.31. The van der Waals surface area contributed by atoms with Crippen molar-refractivity contribution in [3.63, 3.8) is 0 Å². The van der Waals surface area contributed by atoms with E-state index in [-0.39, 0.29) is 0 Å². The van der Waals surface area contributed by atoms with Crippen LogP contribution in [0.2, 0.25) is 0 Å². The Bertz CT molecular complexity index is 325. The number of aliphatic hydroxyl groups is 2. The van der Waals surface area contributed by atoms with Gasteiger partial charge < -0.3 is 20.7 Å². The molecule has 0 aromatic heterocycles. The highest BCUT2D eigenvalue weighted by molar-refractivity contribution is 4.82. The van der Waals surface area contributed by atoms with E-state index in [1.807, 2.05) is 0 Å². The van der Waals surface area contributed by atoms with Crippen molar-refractivity contribution < 1.29 is 14.9 Å². The zero-order valence-corrected chi connectivity index (χ0v) is 17.8. The van der Waals surface area contributed by atoms with Crippen LogP contribution >= 0.6 is 0 Å². The van der Waals surface area contributed by atoms with E-state index in [4.69, 9.17) is 10.5 Å². The molecule has 5 heteroatoms. The van der Waals surface area contributed by atoms with Gasteiger partial charge in [0.2, 0.25) is 0 Å². The van der Waals surface area contributed by atoms with Crippen molar-refractivity contribution in [3.8, 4) is 0 Å². The third kappa shape index (κ3) is 12.8. The summed E-state index contributed by atoms with van der Waals surface area (Å²) in [6.07, 6.45) is 14.8. The van der Waals surface area contributed by atoms with Crippen molar-refractivity contribution in [2.24, 2.45) is 5.73 Å². The summed E-state index contributed by atoms with van der Waals surface area (Å²) in [4.78, 5) is 2.20. The summed E-state index contributed by atoms with van der Waals surface area (Å²) in [6, 6.07) is -0.393. The second-order valence-corrected chi connectivity index (χ2v) is 8.31. The third-order valence-corrected chi connectivity index (χ3v) is 5.76. The van der Waals surface area contributed by atoms with Crippen LogP contribution in [0, 0.1) is 0 Å². The number of unbranched alkanes of at least 4 members (excludes halogenated alkanes) is 11. The number of nitrogens with two attached hydrogens (primary N) is 1. The van der Waals surface area contributed by atoms with Crippen molar-refractivity contribution in [2.75, 3.05) is 32.8 Å². The highest BCUT2D eigenvalue weighted by Crippen LogP contribution is 2.14. The molecule has 0 saturated carbocycles. The van der Waals surface area contributed by atoms with Gasteiger partial charge in [-0.15, -0.1) is 0 Å². The Morgan fingerprint density at radius 2 is 1.30 bits per heavy atom. The lowest BCUT2D eigenvalue weighted by atomic mass is 9.99. The number of hydrogen-bond acceptors (Lipinski definition) is 5. The molecule has 1 rings (SSSR count). The number of ether oxygens (including phenoxy) is 1. The van der Waals surface area contributed by atoms with Crippen LogP contribution in [0.5, 0.6) is 0 Å². The number of rotatable bonds is 17. The first-order chi connectivity index (χ1) is 13.1. The predicted octanol–water partition coefficient (Wildman–Crippen LogP) is 3.46. The summed E-state index contributed by atoms with van der Waals surface area (Å²) in [7, 11) is 0. The van der Waals surface area contributed by atoms with Gasteiger partial charge in [0.25, 0.3) is 0 Å². The first-order valence-electron chi connectivity index (χ1n) is 11.6. The summed E-state index contributed by atoms with van der Waals surface area (Å²) >= 11 is 0. The molecule has 162 valence electrons. The molecule has 1 fully saturated rings. The van der Waals surface area contributed by atoms with Gasteiger partial charge in [0.1, 0.15) is 0 Å². The number of nitrogens with zero attached hydrogens (tertiary/aromatic N) is 1. The Morgan fingerprint density at radius 3 is 1.81 bits per heavy atom. The highest BCUT2D eigenvalue weighted by atomic mass is 16.5. The lowest BCUT2D eigenvalue weighted by Gasteiger charge is -2.32. The minimum atomic E-state index is -0.833. The zero-order valence-electron chi connectivity index (χ0n) is 17.8. The van der Waals surface area contributed by atoms with Crippen molar-refractivity contribution >= 4 is 0 Å². The van der Waals surface area contributed by atoms with Crippen LogP contribution in [-0.4, -0.2) is 66.2 Å². The van der Waals surface area contributed by atoms with Gasteiger partial charge in [-0.2, -0.15) is 0 Å². The fraction of sp³-hybridized carbons (Fsp3) is 1.00. The summed E-state index contributed by atoms with van der Waals surface area (Å²) in [5.74, 6) is 0. The van der Waals surface area contributed by atoms with Gasteiger partial charge in [-0.25, -0.2) is 0 Å². The van der Waals surface area contributed by atoms with Crippen LogP contribution in [0.15, 0.2) is 0 Å². The van der Waals surface area contributed by atoms with E-state index in [0.717, 1.165) is 39.1 Å². The van der Waals surface area contributed by atoms with Crippen molar-refractivity contribution in [1.82, 2.24) is 4.90 Å². The monoisotopic (exact) mass is 386 g/mol. The van der Waals surface area contributed by atoms with Crippen molar-refractivity contribution in [3.05, 3.63) is 0 Å². The van der Waals surface area contributed by atoms with E-state index in [9.17, 15) is 10.2 Å². The van der Waals surface area contributed by atoms with Gasteiger partial charge in [-0.05, 0) is 6.42 Å². The lowest BCUT2D eigenvalue weighted by Crippen LogP contribution is -2.51. The highest BCUT2D eigenvalue weighted by Gasteiger charge is 2.25. The molecule has 0 spiro atoms. The smallest absolute Gasteiger partial charge is 0.0961 e. The predicted molar refractivity (Wildman–Crippen MR) is 113 cm³/mol. The van der Waals surface area contributed by atoms with E-state index in [1.165, 1.54) is 64.2 Å². The average Bonchev–Trinajstić information content (AvgIpc) is 2.68. The Hall–Kier alpha value is -0.200. The maximum atomic E-state index is 10.3. The normalized spacial score (nSPS) is 19.1. The summed E-state index contributed by atoms with van der Waals surface area (Å²) in [6.45, 7) is 6.05. The van der Waals surface area contributed by atoms with Crippen LogP contribution in [0.1, 0.15) is 90.4 Å². The van der Waals surface area contributed by atoms with E-state index in [2.05, 4.69) is 11.8 Å². The molecule has 0 bridgehead atoms. The molecular weight excluding hydrogens is 340 g/mol. The van der Waals surface area contributed by atoms with Crippen LogP contribution in [0.25, 0.3) is 0 Å². The van der Waals surface area contributed by atoms with Gasteiger partial charge in [-0.1, -0.05) is 84.0 Å². The molecule has 0 aromatic rings. The van der Waals surface area contributed by atoms with Crippen LogP contribution in [-0.2, 0) is 4.74 Å². The van der Waals surface area contributed by atoms with E-state index < -0.39 is 18.2 Å². The minimum Gasteiger partial charge on any atom is -0.390 e. The second kappa shape index (κ2) is 16.7. The first kappa shape index (κ1) is 24.8. The summed E-state index contributed by atoms with van der Waals surface area (Å²) < 4.78 is 5.32. The molecule has 1 aliphatic heterocycles. The van der Waals surface area contributed by atoms with Crippen LogP contribution < -0.4 is 5.73 Å². The molecule has 4 N–H and O–H groups in total. The first-order valence-corrected chi connectivity index (χ1v) is 11.6. The maximum Gasteiger partial charge on any atom is 0.0961 e. The fourth-order valence-electron chi connectivity index (χ4n) is 3.84. The maximum absolute atomic E-state index is 10.3.